The normalized spacial score (nSPS) is 21.2. The number of benzene rings is 1. The van der Waals surface area contributed by atoms with E-state index >= 15 is 0 Å². The lowest BCUT2D eigenvalue weighted by Gasteiger charge is -2.34. The third-order valence-electron chi connectivity index (χ3n) is 5.66. The highest BCUT2D eigenvalue weighted by Crippen LogP contribution is 2.40. The maximum atomic E-state index is 12.3. The second-order valence-corrected chi connectivity index (χ2v) is 7.40. The van der Waals surface area contributed by atoms with Crippen molar-refractivity contribution in [2.45, 2.75) is 25.5 Å². The molecule has 0 saturated carbocycles. The van der Waals surface area contributed by atoms with Crippen LogP contribution in [0.25, 0.3) is 22.2 Å². The lowest BCUT2D eigenvalue weighted by atomic mass is 9.96. The smallest absolute Gasteiger partial charge is 0.317 e. The lowest BCUT2D eigenvalue weighted by molar-refractivity contribution is -0.0701. The Morgan fingerprint density at radius 1 is 1.29 bits per heavy atom. The molecular weight excluding hydrogens is 354 g/mol. The van der Waals surface area contributed by atoms with Crippen molar-refractivity contribution in [3.05, 3.63) is 48.3 Å². The van der Waals surface area contributed by atoms with Gasteiger partial charge in [0.05, 0.1) is 36.6 Å². The predicted molar refractivity (Wildman–Crippen MR) is 106 cm³/mol. The standard InChI is InChI=1S/C21H23N5O2/c1-2-22-20(27)25-8-7-21(14-25)19-12-18(24-26(19)9-10-28-21)16-11-15-5-3-4-6-17(15)23-13-16/h3-6,11-13H,2,7-10,14H2,1H3,(H,22,27). The molecule has 28 heavy (non-hydrogen) atoms. The number of ether oxygens (including phenoxy) is 1. The Kier molecular flexibility index (Phi) is 4.05. The van der Waals surface area contributed by atoms with E-state index in [2.05, 4.69) is 28.5 Å². The van der Waals surface area contributed by atoms with Crippen LogP contribution < -0.4 is 5.32 Å². The molecule has 0 radical (unpaired) electrons. The number of likely N-dealkylation sites (tertiary alicyclic amines) is 1. The summed E-state index contributed by atoms with van der Waals surface area (Å²) in [5.74, 6) is 0. The molecule has 144 valence electrons. The van der Waals surface area contributed by atoms with Crippen LogP contribution in [0.3, 0.4) is 0 Å². The predicted octanol–water partition coefficient (Wildman–Crippen LogP) is 2.76. The molecule has 1 N–H and O–H groups in total. The second-order valence-electron chi connectivity index (χ2n) is 7.40. The van der Waals surface area contributed by atoms with Gasteiger partial charge in [-0.3, -0.25) is 9.67 Å². The van der Waals surface area contributed by atoms with Gasteiger partial charge in [0.2, 0.25) is 0 Å². The van der Waals surface area contributed by atoms with E-state index in [1.54, 1.807) is 0 Å². The minimum Gasteiger partial charge on any atom is -0.365 e. The van der Waals surface area contributed by atoms with Crippen molar-refractivity contribution >= 4 is 16.9 Å². The first kappa shape index (κ1) is 17.2. The van der Waals surface area contributed by atoms with Crippen LogP contribution in [0, 0.1) is 0 Å². The van der Waals surface area contributed by atoms with Crippen molar-refractivity contribution in [3.8, 4) is 11.3 Å². The maximum Gasteiger partial charge on any atom is 0.317 e. The van der Waals surface area contributed by atoms with Crippen LogP contribution in [0.15, 0.2) is 42.6 Å². The molecule has 2 aliphatic heterocycles. The summed E-state index contributed by atoms with van der Waals surface area (Å²) in [6, 6.07) is 12.3. The second kappa shape index (κ2) is 6.60. The highest BCUT2D eigenvalue weighted by Gasteiger charge is 2.46. The first-order valence-corrected chi connectivity index (χ1v) is 9.79. The number of rotatable bonds is 2. The van der Waals surface area contributed by atoms with Crippen molar-refractivity contribution in [1.29, 1.82) is 0 Å². The Labute approximate surface area is 163 Å². The van der Waals surface area contributed by atoms with E-state index in [-0.39, 0.29) is 6.03 Å². The van der Waals surface area contributed by atoms with E-state index in [4.69, 9.17) is 9.84 Å². The molecule has 0 bridgehead atoms. The van der Waals surface area contributed by atoms with Crippen LogP contribution in [-0.2, 0) is 16.9 Å². The molecule has 3 aromatic rings. The molecule has 1 atom stereocenters. The van der Waals surface area contributed by atoms with Gasteiger partial charge in [-0.05, 0) is 25.1 Å². The molecule has 7 nitrogen and oxygen atoms in total. The molecule has 1 spiro atoms. The number of aromatic nitrogens is 3. The van der Waals surface area contributed by atoms with Gasteiger partial charge in [0.25, 0.3) is 0 Å². The van der Waals surface area contributed by atoms with E-state index in [9.17, 15) is 4.79 Å². The Morgan fingerprint density at radius 2 is 2.18 bits per heavy atom. The Morgan fingerprint density at radius 3 is 3.07 bits per heavy atom. The summed E-state index contributed by atoms with van der Waals surface area (Å²) in [5.41, 5.74) is 3.44. The number of nitrogens with one attached hydrogen (secondary N) is 1. The van der Waals surface area contributed by atoms with Crippen LogP contribution in [0.1, 0.15) is 19.0 Å². The molecule has 2 aliphatic rings. The molecule has 1 saturated heterocycles. The third kappa shape index (κ3) is 2.74. The largest absolute Gasteiger partial charge is 0.365 e. The number of carbonyl (C=O) groups is 1. The van der Waals surface area contributed by atoms with Crippen LogP contribution in [0.2, 0.25) is 0 Å². The van der Waals surface area contributed by atoms with E-state index in [1.165, 1.54) is 0 Å². The molecule has 4 heterocycles. The summed E-state index contributed by atoms with van der Waals surface area (Å²) in [5, 5.41) is 8.81. The Bertz CT molecular complexity index is 1050. The van der Waals surface area contributed by atoms with Crippen molar-refractivity contribution < 1.29 is 9.53 Å². The average Bonchev–Trinajstić information content (AvgIpc) is 3.34. The molecular formula is C21H23N5O2. The summed E-state index contributed by atoms with van der Waals surface area (Å²) in [6.07, 6.45) is 2.66. The number of nitrogens with zero attached hydrogens (tertiary/aromatic N) is 4. The summed E-state index contributed by atoms with van der Waals surface area (Å²) < 4.78 is 8.27. The quantitative estimate of drug-likeness (QED) is 0.745. The summed E-state index contributed by atoms with van der Waals surface area (Å²) in [7, 11) is 0. The van der Waals surface area contributed by atoms with Gasteiger partial charge in [0.1, 0.15) is 5.60 Å². The fourth-order valence-electron chi connectivity index (χ4n) is 4.25. The van der Waals surface area contributed by atoms with Gasteiger partial charge >= 0.3 is 6.03 Å². The van der Waals surface area contributed by atoms with E-state index in [1.807, 2.05) is 40.9 Å². The highest BCUT2D eigenvalue weighted by molar-refractivity contribution is 5.82. The molecule has 7 heteroatoms. The van der Waals surface area contributed by atoms with E-state index < -0.39 is 5.60 Å². The molecule has 2 amide bonds. The fraction of sp³-hybridized carbons (Fsp3) is 0.381. The van der Waals surface area contributed by atoms with Crippen LogP contribution in [0.4, 0.5) is 4.79 Å². The van der Waals surface area contributed by atoms with E-state index in [0.717, 1.165) is 40.8 Å². The number of urea groups is 1. The maximum absolute atomic E-state index is 12.3. The number of carbonyl (C=O) groups excluding carboxylic acids is 1. The van der Waals surface area contributed by atoms with Gasteiger partial charge in [0, 0.05) is 36.7 Å². The monoisotopic (exact) mass is 377 g/mol. The molecule has 1 aromatic carbocycles. The van der Waals surface area contributed by atoms with Crippen LogP contribution in [0.5, 0.6) is 0 Å². The first-order chi connectivity index (χ1) is 13.7. The fourth-order valence-corrected chi connectivity index (χ4v) is 4.25. The number of amides is 2. The molecule has 1 fully saturated rings. The third-order valence-corrected chi connectivity index (χ3v) is 5.66. The SMILES string of the molecule is CCNC(=O)N1CCC2(C1)OCCn1nc(-c3cnc4ccccc4c3)cc12. The zero-order chi connectivity index (χ0) is 19.1. The van der Waals surface area contributed by atoms with Crippen molar-refractivity contribution in [3.63, 3.8) is 0 Å². The van der Waals surface area contributed by atoms with Crippen molar-refractivity contribution in [2.24, 2.45) is 0 Å². The topological polar surface area (TPSA) is 72.3 Å². The summed E-state index contributed by atoms with van der Waals surface area (Å²) in [4.78, 5) is 18.7. The number of para-hydroxylation sites is 1. The number of pyridine rings is 1. The molecule has 0 aliphatic carbocycles. The minimum atomic E-state index is -0.473. The minimum absolute atomic E-state index is 0.0291. The highest BCUT2D eigenvalue weighted by atomic mass is 16.5. The van der Waals surface area contributed by atoms with Gasteiger partial charge in [0.15, 0.2) is 0 Å². The van der Waals surface area contributed by atoms with Crippen LogP contribution in [-0.4, -0.2) is 51.9 Å². The zero-order valence-corrected chi connectivity index (χ0v) is 15.9. The Hall–Kier alpha value is -2.93. The number of hydrogen-bond donors (Lipinski definition) is 1. The van der Waals surface area contributed by atoms with Crippen molar-refractivity contribution in [2.75, 3.05) is 26.2 Å². The number of fused-ring (bicyclic) bond motifs is 3. The first-order valence-electron chi connectivity index (χ1n) is 9.79. The van der Waals surface area contributed by atoms with Gasteiger partial charge in [-0.1, -0.05) is 18.2 Å². The zero-order valence-electron chi connectivity index (χ0n) is 15.9. The molecule has 5 rings (SSSR count). The van der Waals surface area contributed by atoms with Gasteiger partial charge in [-0.15, -0.1) is 0 Å². The van der Waals surface area contributed by atoms with Crippen LogP contribution >= 0.6 is 0 Å². The van der Waals surface area contributed by atoms with E-state index in [0.29, 0.717) is 26.2 Å². The van der Waals surface area contributed by atoms with Gasteiger partial charge in [-0.2, -0.15) is 5.10 Å². The Balaban J connectivity index is 1.49. The molecule has 1 unspecified atom stereocenters. The molecule has 2 aromatic heterocycles. The summed E-state index contributed by atoms with van der Waals surface area (Å²) >= 11 is 0. The lowest BCUT2D eigenvalue weighted by Crippen LogP contribution is -2.44. The number of hydrogen-bond acceptors (Lipinski definition) is 4. The van der Waals surface area contributed by atoms with Crippen molar-refractivity contribution in [1.82, 2.24) is 25.0 Å². The van der Waals surface area contributed by atoms with Gasteiger partial charge in [-0.25, -0.2) is 4.79 Å². The van der Waals surface area contributed by atoms with Gasteiger partial charge < -0.3 is 15.0 Å². The average molecular weight is 377 g/mol. The summed E-state index contributed by atoms with van der Waals surface area (Å²) in [6.45, 7) is 5.12.